The summed E-state index contributed by atoms with van der Waals surface area (Å²) in [6, 6.07) is 8.69. The van der Waals surface area contributed by atoms with Crippen LogP contribution in [-0.2, 0) is 0 Å². The number of hydrogen-bond acceptors (Lipinski definition) is 3. The summed E-state index contributed by atoms with van der Waals surface area (Å²) in [5.74, 6) is -1.000. The monoisotopic (exact) mass is 343 g/mol. The zero-order chi connectivity index (χ0) is 13.1. The van der Waals surface area contributed by atoms with Crippen LogP contribution in [0.1, 0.15) is 10.4 Å². The molecule has 1 aromatic carbocycles. The highest BCUT2D eigenvalue weighted by Crippen LogP contribution is 2.30. The van der Waals surface area contributed by atoms with Crippen molar-refractivity contribution in [3.05, 3.63) is 51.6 Å². The van der Waals surface area contributed by atoms with Crippen LogP contribution in [0.15, 0.2) is 50.9 Å². The van der Waals surface area contributed by atoms with Crippen molar-refractivity contribution in [1.29, 1.82) is 0 Å². The van der Waals surface area contributed by atoms with Gasteiger partial charge in [0, 0.05) is 20.6 Å². The Morgan fingerprint density at radius 2 is 2.00 bits per heavy atom. The highest BCUT2D eigenvalue weighted by molar-refractivity contribution is 9.10. The Bertz CT molecular complexity index is 589. The van der Waals surface area contributed by atoms with Crippen LogP contribution in [-0.4, -0.2) is 16.1 Å². The van der Waals surface area contributed by atoms with E-state index in [1.807, 2.05) is 12.1 Å². The number of carbonyl (C=O) groups is 1. The molecule has 6 heteroatoms. The maximum absolute atomic E-state index is 11.1. The molecular formula is C12H7BrClNO2S. The molecule has 3 nitrogen and oxygen atoms in total. The van der Waals surface area contributed by atoms with Gasteiger partial charge in [0.15, 0.2) is 0 Å². The van der Waals surface area contributed by atoms with Crippen LogP contribution in [0.4, 0.5) is 0 Å². The smallest absolute Gasteiger partial charge is 0.338 e. The molecule has 0 unspecified atom stereocenters. The molecule has 0 radical (unpaired) electrons. The quantitative estimate of drug-likeness (QED) is 0.899. The summed E-state index contributed by atoms with van der Waals surface area (Å²) in [4.78, 5) is 16.1. The second-order valence-corrected chi connectivity index (χ2v) is 5.78. The van der Waals surface area contributed by atoms with Gasteiger partial charge in [-0.3, -0.25) is 0 Å². The molecular weight excluding hydrogens is 338 g/mol. The lowest BCUT2D eigenvalue weighted by atomic mass is 10.3. The molecule has 0 aliphatic carbocycles. The fourth-order valence-electron chi connectivity index (χ4n) is 1.28. The van der Waals surface area contributed by atoms with Gasteiger partial charge in [-0.05, 0) is 46.3 Å². The molecule has 92 valence electrons. The molecule has 0 amide bonds. The van der Waals surface area contributed by atoms with Gasteiger partial charge in [0.1, 0.15) is 5.03 Å². The molecule has 1 N–H and O–H groups in total. The zero-order valence-electron chi connectivity index (χ0n) is 8.93. The number of carboxylic acids is 1. The molecule has 0 saturated heterocycles. The molecule has 0 atom stereocenters. The topological polar surface area (TPSA) is 50.2 Å². The van der Waals surface area contributed by atoms with E-state index in [1.165, 1.54) is 17.8 Å². The van der Waals surface area contributed by atoms with Crippen molar-refractivity contribution in [2.24, 2.45) is 0 Å². The number of aromatic carboxylic acids is 1. The van der Waals surface area contributed by atoms with Gasteiger partial charge in [0.2, 0.25) is 0 Å². The van der Waals surface area contributed by atoms with Crippen LogP contribution in [0.5, 0.6) is 0 Å². The van der Waals surface area contributed by atoms with E-state index < -0.39 is 5.97 Å². The van der Waals surface area contributed by atoms with E-state index in [1.54, 1.807) is 18.3 Å². The minimum atomic E-state index is -1.000. The van der Waals surface area contributed by atoms with Crippen LogP contribution in [0, 0.1) is 0 Å². The van der Waals surface area contributed by atoms with Crippen molar-refractivity contribution in [2.75, 3.05) is 0 Å². The number of pyridine rings is 1. The average Bonchev–Trinajstić information content (AvgIpc) is 2.34. The summed E-state index contributed by atoms with van der Waals surface area (Å²) in [5.41, 5.74) is 0.171. The lowest BCUT2D eigenvalue weighted by Gasteiger charge is -2.05. The minimum Gasteiger partial charge on any atom is -0.478 e. The predicted octanol–water partition coefficient (Wildman–Crippen LogP) is 4.35. The number of hydrogen-bond donors (Lipinski definition) is 1. The lowest BCUT2D eigenvalue weighted by molar-refractivity contribution is 0.0692. The Morgan fingerprint density at radius 3 is 2.61 bits per heavy atom. The number of nitrogens with zero attached hydrogens (tertiary/aromatic N) is 1. The first-order chi connectivity index (χ1) is 8.56. The molecule has 0 fully saturated rings. The molecule has 0 bridgehead atoms. The fraction of sp³-hybridized carbons (Fsp3) is 0. The second kappa shape index (κ2) is 5.73. The Balaban J connectivity index is 2.34. The number of carboxylic acid groups (broad SMARTS) is 1. The van der Waals surface area contributed by atoms with Gasteiger partial charge in [-0.15, -0.1) is 0 Å². The Labute approximate surface area is 121 Å². The van der Waals surface area contributed by atoms with Crippen LogP contribution in [0.3, 0.4) is 0 Å². The Hall–Kier alpha value is -1.04. The van der Waals surface area contributed by atoms with Gasteiger partial charge < -0.3 is 5.11 Å². The largest absolute Gasteiger partial charge is 0.478 e. The van der Waals surface area contributed by atoms with Crippen LogP contribution >= 0.6 is 39.3 Å². The first-order valence-corrected chi connectivity index (χ1v) is 6.87. The van der Waals surface area contributed by atoms with Gasteiger partial charge in [-0.25, -0.2) is 9.78 Å². The summed E-state index contributed by atoms with van der Waals surface area (Å²) in [7, 11) is 0. The van der Waals surface area contributed by atoms with E-state index >= 15 is 0 Å². The highest BCUT2D eigenvalue weighted by atomic mass is 79.9. The van der Waals surface area contributed by atoms with E-state index in [4.69, 9.17) is 16.7 Å². The number of halogens is 2. The highest BCUT2D eigenvalue weighted by Gasteiger charge is 2.13. The molecule has 0 saturated carbocycles. The first kappa shape index (κ1) is 13.4. The number of benzene rings is 1. The van der Waals surface area contributed by atoms with Crippen molar-refractivity contribution in [3.8, 4) is 0 Å². The fourth-order valence-corrected chi connectivity index (χ4v) is 2.59. The normalized spacial score (nSPS) is 10.3. The van der Waals surface area contributed by atoms with Crippen molar-refractivity contribution >= 4 is 45.3 Å². The molecule has 0 aliphatic rings. The van der Waals surface area contributed by atoms with Gasteiger partial charge in [0.05, 0.1) is 5.56 Å². The molecule has 0 aliphatic heterocycles. The van der Waals surface area contributed by atoms with Crippen LogP contribution in [0.25, 0.3) is 0 Å². The van der Waals surface area contributed by atoms with E-state index in [0.717, 1.165) is 4.90 Å². The molecule has 2 rings (SSSR count). The SMILES string of the molecule is O=C(O)c1cc(Br)cnc1Sc1ccc(Cl)cc1. The van der Waals surface area contributed by atoms with Crippen molar-refractivity contribution in [2.45, 2.75) is 9.92 Å². The van der Waals surface area contributed by atoms with E-state index in [-0.39, 0.29) is 5.56 Å². The van der Waals surface area contributed by atoms with Crippen LogP contribution < -0.4 is 0 Å². The third-order valence-corrected chi connectivity index (χ3v) is 3.79. The minimum absolute atomic E-state index is 0.171. The zero-order valence-corrected chi connectivity index (χ0v) is 12.1. The molecule has 18 heavy (non-hydrogen) atoms. The van der Waals surface area contributed by atoms with E-state index in [0.29, 0.717) is 14.5 Å². The third-order valence-electron chi connectivity index (χ3n) is 2.08. The second-order valence-electron chi connectivity index (χ2n) is 3.37. The summed E-state index contributed by atoms with van der Waals surface area (Å²) in [6.45, 7) is 0. The van der Waals surface area contributed by atoms with Gasteiger partial charge in [0.25, 0.3) is 0 Å². The molecule has 1 heterocycles. The van der Waals surface area contributed by atoms with Crippen molar-refractivity contribution in [3.63, 3.8) is 0 Å². The third kappa shape index (κ3) is 3.25. The maximum atomic E-state index is 11.1. The summed E-state index contributed by atoms with van der Waals surface area (Å²) in [6.07, 6.45) is 1.57. The number of rotatable bonds is 3. The standard InChI is InChI=1S/C12H7BrClNO2S/c13-7-5-10(12(16)17)11(15-6-7)18-9-3-1-8(14)2-4-9/h1-6H,(H,16,17). The van der Waals surface area contributed by atoms with Gasteiger partial charge in [-0.2, -0.15) is 0 Å². The summed E-state index contributed by atoms with van der Waals surface area (Å²) < 4.78 is 0.639. The van der Waals surface area contributed by atoms with E-state index in [9.17, 15) is 4.79 Å². The summed E-state index contributed by atoms with van der Waals surface area (Å²) in [5, 5.41) is 10.2. The van der Waals surface area contributed by atoms with Crippen molar-refractivity contribution < 1.29 is 9.90 Å². The molecule has 0 spiro atoms. The summed E-state index contributed by atoms with van der Waals surface area (Å²) >= 11 is 10.3. The van der Waals surface area contributed by atoms with Crippen LogP contribution in [0.2, 0.25) is 5.02 Å². The van der Waals surface area contributed by atoms with Gasteiger partial charge in [-0.1, -0.05) is 23.4 Å². The first-order valence-electron chi connectivity index (χ1n) is 4.88. The lowest BCUT2D eigenvalue weighted by Crippen LogP contribution is -2.00. The van der Waals surface area contributed by atoms with Crippen molar-refractivity contribution in [1.82, 2.24) is 4.98 Å². The Kier molecular flexibility index (Phi) is 4.27. The number of aromatic nitrogens is 1. The van der Waals surface area contributed by atoms with E-state index in [2.05, 4.69) is 20.9 Å². The Morgan fingerprint density at radius 1 is 1.33 bits per heavy atom. The maximum Gasteiger partial charge on any atom is 0.338 e. The predicted molar refractivity (Wildman–Crippen MR) is 74.5 cm³/mol. The average molecular weight is 345 g/mol. The molecule has 2 aromatic rings. The molecule has 1 aromatic heterocycles. The van der Waals surface area contributed by atoms with Gasteiger partial charge >= 0.3 is 5.97 Å².